The summed E-state index contributed by atoms with van der Waals surface area (Å²) in [5.74, 6) is -0.00661. The molecule has 1 aliphatic rings. The zero-order valence-corrected chi connectivity index (χ0v) is 18.4. The van der Waals surface area contributed by atoms with Crippen LogP contribution in [0.15, 0.2) is 60.7 Å². The van der Waals surface area contributed by atoms with Crippen molar-refractivity contribution < 1.29 is 9.53 Å². The number of carbonyl (C=O) groups excluding carboxylic acids is 1. The number of hydrogen-bond acceptors (Lipinski definition) is 3. The van der Waals surface area contributed by atoms with Crippen LogP contribution >= 0.6 is 35.4 Å². The predicted molar refractivity (Wildman–Crippen MR) is 126 cm³/mol. The highest BCUT2D eigenvalue weighted by atomic mass is 35.5. The van der Waals surface area contributed by atoms with E-state index in [4.69, 9.17) is 40.2 Å². The Hall–Kier alpha value is -2.60. The summed E-state index contributed by atoms with van der Waals surface area (Å²) in [6.45, 7) is 1.62. The van der Waals surface area contributed by atoms with Gasteiger partial charge in [0.2, 0.25) is 0 Å². The number of halogens is 2. The highest BCUT2D eigenvalue weighted by molar-refractivity contribution is 7.80. The summed E-state index contributed by atoms with van der Waals surface area (Å²) in [5.41, 5.74) is 5.85. The minimum absolute atomic E-state index is 0.202. The number of nitrogens with one attached hydrogen (secondary N) is 2. The van der Waals surface area contributed by atoms with Crippen LogP contribution in [-0.2, 0) is 11.2 Å². The number of carbonyl (C=O) groups is 1. The molecule has 0 saturated heterocycles. The lowest BCUT2D eigenvalue weighted by Gasteiger charge is -2.17. The van der Waals surface area contributed by atoms with E-state index in [0.29, 0.717) is 15.8 Å². The molecule has 1 aliphatic carbocycles. The van der Waals surface area contributed by atoms with Crippen molar-refractivity contribution in [3.05, 3.63) is 81.8 Å². The maximum Gasteiger partial charge on any atom is 0.266 e. The summed E-state index contributed by atoms with van der Waals surface area (Å²) >= 11 is 17.3. The Labute approximate surface area is 190 Å². The van der Waals surface area contributed by atoms with Crippen LogP contribution in [0.4, 0.5) is 5.69 Å². The van der Waals surface area contributed by atoms with Gasteiger partial charge in [0, 0.05) is 10.7 Å². The molecule has 1 atom stereocenters. The molecule has 3 aromatic carbocycles. The van der Waals surface area contributed by atoms with Crippen molar-refractivity contribution in [3.63, 3.8) is 0 Å². The highest BCUT2D eigenvalue weighted by Gasteiger charge is 2.20. The van der Waals surface area contributed by atoms with Crippen LogP contribution in [0.2, 0.25) is 10.0 Å². The number of benzene rings is 3. The van der Waals surface area contributed by atoms with Gasteiger partial charge in [-0.25, -0.2) is 0 Å². The number of thiocarbonyl (C=S) groups is 1. The summed E-state index contributed by atoms with van der Waals surface area (Å²) in [5, 5.41) is 6.75. The minimum atomic E-state index is -0.794. The molecule has 1 unspecified atom stereocenters. The number of rotatable bonds is 4. The molecule has 4 rings (SSSR count). The molecule has 0 saturated carbocycles. The van der Waals surface area contributed by atoms with Crippen LogP contribution in [0.25, 0.3) is 11.1 Å². The number of anilines is 1. The molecular weight excluding hydrogens is 439 g/mol. The molecular formula is C23H18Cl2N2O2S. The van der Waals surface area contributed by atoms with Crippen molar-refractivity contribution in [2.24, 2.45) is 0 Å². The van der Waals surface area contributed by atoms with Crippen molar-refractivity contribution >= 4 is 52.1 Å². The first-order chi connectivity index (χ1) is 14.4. The SMILES string of the molecule is CC(Oc1ccc(Cl)cc1Cl)C(=O)NC(=S)Nc1ccc2c(c1)Cc1ccccc1-2. The summed E-state index contributed by atoms with van der Waals surface area (Å²) in [7, 11) is 0. The van der Waals surface area contributed by atoms with E-state index in [-0.39, 0.29) is 11.0 Å². The van der Waals surface area contributed by atoms with E-state index in [1.165, 1.54) is 22.3 Å². The largest absolute Gasteiger partial charge is 0.479 e. The molecule has 0 fully saturated rings. The van der Waals surface area contributed by atoms with E-state index < -0.39 is 6.10 Å². The van der Waals surface area contributed by atoms with Gasteiger partial charge in [-0.05, 0) is 78.1 Å². The Morgan fingerprint density at radius 2 is 1.80 bits per heavy atom. The Balaban J connectivity index is 1.36. The zero-order chi connectivity index (χ0) is 21.3. The fourth-order valence-corrected chi connectivity index (χ4v) is 4.08. The van der Waals surface area contributed by atoms with Crippen molar-refractivity contribution in [1.82, 2.24) is 5.32 Å². The first-order valence-corrected chi connectivity index (χ1v) is 10.5. The van der Waals surface area contributed by atoms with E-state index >= 15 is 0 Å². The van der Waals surface area contributed by atoms with Gasteiger partial charge in [-0.15, -0.1) is 0 Å². The first kappa shape index (κ1) is 20.7. The third-order valence-corrected chi connectivity index (χ3v) is 5.59. The average molecular weight is 457 g/mol. The van der Waals surface area contributed by atoms with Gasteiger partial charge in [-0.1, -0.05) is 53.5 Å². The third-order valence-electron chi connectivity index (χ3n) is 4.86. The molecule has 3 aromatic rings. The van der Waals surface area contributed by atoms with Crippen molar-refractivity contribution in [1.29, 1.82) is 0 Å². The van der Waals surface area contributed by atoms with Crippen molar-refractivity contribution in [2.45, 2.75) is 19.4 Å². The lowest BCUT2D eigenvalue weighted by molar-refractivity contribution is -0.125. The number of fused-ring (bicyclic) bond motifs is 3. The molecule has 0 radical (unpaired) electrons. The number of hydrogen-bond donors (Lipinski definition) is 2. The predicted octanol–water partition coefficient (Wildman–Crippen LogP) is 5.85. The third kappa shape index (κ3) is 4.43. The first-order valence-electron chi connectivity index (χ1n) is 9.35. The molecule has 0 heterocycles. The van der Waals surface area contributed by atoms with E-state index in [1.807, 2.05) is 12.1 Å². The Bertz CT molecular complexity index is 1150. The quantitative estimate of drug-likeness (QED) is 0.378. The summed E-state index contributed by atoms with van der Waals surface area (Å²) in [6, 6.07) is 19.3. The Morgan fingerprint density at radius 3 is 2.60 bits per heavy atom. The molecule has 30 heavy (non-hydrogen) atoms. The van der Waals surface area contributed by atoms with Gasteiger partial charge in [-0.3, -0.25) is 10.1 Å². The molecule has 0 aromatic heterocycles. The second-order valence-corrected chi connectivity index (χ2v) is 8.24. The maximum absolute atomic E-state index is 12.4. The average Bonchev–Trinajstić information content (AvgIpc) is 3.07. The second-order valence-electron chi connectivity index (χ2n) is 6.98. The summed E-state index contributed by atoms with van der Waals surface area (Å²) < 4.78 is 5.62. The summed E-state index contributed by atoms with van der Waals surface area (Å²) in [4.78, 5) is 12.4. The molecule has 0 aliphatic heterocycles. The molecule has 2 N–H and O–H groups in total. The molecule has 1 amide bonds. The fraction of sp³-hybridized carbons (Fsp3) is 0.130. The van der Waals surface area contributed by atoms with Gasteiger partial charge in [0.05, 0.1) is 5.02 Å². The van der Waals surface area contributed by atoms with Crippen molar-refractivity contribution in [2.75, 3.05) is 5.32 Å². The van der Waals surface area contributed by atoms with Gasteiger partial charge < -0.3 is 10.1 Å². The maximum atomic E-state index is 12.4. The molecule has 4 nitrogen and oxygen atoms in total. The van der Waals surface area contributed by atoms with E-state index in [2.05, 4.69) is 41.0 Å². The minimum Gasteiger partial charge on any atom is -0.479 e. The van der Waals surface area contributed by atoms with Crippen LogP contribution in [0.5, 0.6) is 5.75 Å². The topological polar surface area (TPSA) is 50.4 Å². The van der Waals surface area contributed by atoms with Gasteiger partial charge in [0.15, 0.2) is 11.2 Å². The number of ether oxygens (including phenoxy) is 1. The molecule has 152 valence electrons. The Kier molecular flexibility index (Phi) is 5.95. The van der Waals surface area contributed by atoms with Crippen LogP contribution in [0, 0.1) is 0 Å². The van der Waals surface area contributed by atoms with Crippen LogP contribution in [-0.4, -0.2) is 17.1 Å². The molecule has 7 heteroatoms. The normalized spacial score (nSPS) is 12.5. The van der Waals surface area contributed by atoms with Gasteiger partial charge >= 0.3 is 0 Å². The van der Waals surface area contributed by atoms with Crippen LogP contribution in [0.1, 0.15) is 18.1 Å². The monoisotopic (exact) mass is 456 g/mol. The van der Waals surface area contributed by atoms with Gasteiger partial charge in [0.25, 0.3) is 5.91 Å². The second kappa shape index (κ2) is 8.64. The fourth-order valence-electron chi connectivity index (χ4n) is 3.41. The van der Waals surface area contributed by atoms with Crippen molar-refractivity contribution in [3.8, 4) is 16.9 Å². The highest BCUT2D eigenvalue weighted by Crippen LogP contribution is 2.37. The van der Waals surface area contributed by atoms with Crippen LogP contribution < -0.4 is 15.4 Å². The van der Waals surface area contributed by atoms with Crippen LogP contribution in [0.3, 0.4) is 0 Å². The van der Waals surface area contributed by atoms with Gasteiger partial charge in [-0.2, -0.15) is 0 Å². The lowest BCUT2D eigenvalue weighted by Crippen LogP contribution is -2.42. The standard InChI is InChI=1S/C23H18Cl2N2O2S/c1-13(29-21-9-6-16(24)12-20(21)25)22(28)27-23(30)26-17-7-8-19-15(11-17)10-14-4-2-3-5-18(14)19/h2-9,11-13H,10H2,1H3,(H2,26,27,28,30). The Morgan fingerprint density at radius 1 is 1.03 bits per heavy atom. The zero-order valence-electron chi connectivity index (χ0n) is 16.0. The number of amides is 1. The van der Waals surface area contributed by atoms with Gasteiger partial charge in [0.1, 0.15) is 5.75 Å². The van der Waals surface area contributed by atoms with E-state index in [9.17, 15) is 4.79 Å². The summed E-state index contributed by atoms with van der Waals surface area (Å²) in [6.07, 6.45) is 0.0882. The lowest BCUT2D eigenvalue weighted by atomic mass is 10.1. The van der Waals surface area contributed by atoms with E-state index in [0.717, 1.165) is 12.1 Å². The smallest absolute Gasteiger partial charge is 0.266 e. The molecule has 0 bridgehead atoms. The molecule has 0 spiro atoms. The van der Waals surface area contributed by atoms with E-state index in [1.54, 1.807) is 25.1 Å².